The van der Waals surface area contributed by atoms with E-state index in [1.807, 2.05) is 19.1 Å². The summed E-state index contributed by atoms with van der Waals surface area (Å²) in [7, 11) is -3.66. The Morgan fingerprint density at radius 3 is 2.52 bits per heavy atom. The molecule has 2 aromatic heterocycles. The van der Waals surface area contributed by atoms with Gasteiger partial charge in [0.15, 0.2) is 0 Å². The Labute approximate surface area is 171 Å². The summed E-state index contributed by atoms with van der Waals surface area (Å²) in [6, 6.07) is 7.19. The van der Waals surface area contributed by atoms with Crippen molar-refractivity contribution in [1.82, 2.24) is 14.6 Å². The van der Waals surface area contributed by atoms with Crippen LogP contribution in [0.2, 0.25) is 0 Å². The van der Waals surface area contributed by atoms with Gasteiger partial charge < -0.3 is 14.6 Å². The number of hydrogen-bond acceptors (Lipinski definition) is 6. The summed E-state index contributed by atoms with van der Waals surface area (Å²) < 4.78 is 33.5. The second kappa shape index (κ2) is 8.04. The van der Waals surface area contributed by atoms with Crippen molar-refractivity contribution in [1.29, 1.82) is 0 Å². The van der Waals surface area contributed by atoms with Crippen LogP contribution >= 0.6 is 0 Å². The number of nitrogens with one attached hydrogen (secondary N) is 1. The van der Waals surface area contributed by atoms with E-state index >= 15 is 0 Å². The van der Waals surface area contributed by atoms with Gasteiger partial charge in [-0.2, -0.15) is 4.31 Å². The van der Waals surface area contributed by atoms with E-state index in [0.717, 1.165) is 29.9 Å². The highest BCUT2D eigenvalue weighted by Crippen LogP contribution is 2.29. The molecule has 0 aromatic carbocycles. The lowest BCUT2D eigenvalue weighted by atomic mass is 10.0. The van der Waals surface area contributed by atoms with Crippen LogP contribution in [0.4, 0.5) is 5.69 Å². The molecule has 0 saturated carbocycles. The smallest absolute Gasteiger partial charge is 0.276 e. The lowest BCUT2D eigenvalue weighted by Gasteiger charge is -2.34. The zero-order valence-corrected chi connectivity index (χ0v) is 17.6. The molecule has 0 bridgehead atoms. The van der Waals surface area contributed by atoms with Crippen molar-refractivity contribution in [3.05, 3.63) is 59.8 Å². The van der Waals surface area contributed by atoms with Crippen LogP contribution in [-0.4, -0.2) is 50.4 Å². The summed E-state index contributed by atoms with van der Waals surface area (Å²) in [6.07, 6.45) is 6.53. The van der Waals surface area contributed by atoms with E-state index in [-0.39, 0.29) is 5.09 Å². The molecule has 4 heterocycles. The fourth-order valence-corrected chi connectivity index (χ4v) is 4.99. The number of rotatable bonds is 5. The number of pyridine rings is 1. The summed E-state index contributed by atoms with van der Waals surface area (Å²) in [5.74, 6) is 0.578. The first-order chi connectivity index (χ1) is 14.0. The van der Waals surface area contributed by atoms with Crippen LogP contribution in [0.1, 0.15) is 26.0 Å². The number of sulfonamides is 1. The molecule has 0 amide bonds. The fraction of sp³-hybridized carbons (Fsp3) is 0.381. The zero-order chi connectivity index (χ0) is 20.4. The number of dihydropyridines is 1. The van der Waals surface area contributed by atoms with Crippen molar-refractivity contribution < 1.29 is 12.8 Å². The minimum absolute atomic E-state index is 0.00202. The molecule has 154 valence electrons. The first-order valence-corrected chi connectivity index (χ1v) is 11.3. The fourth-order valence-electron chi connectivity index (χ4n) is 3.66. The molecule has 0 spiro atoms. The molecule has 1 N–H and O–H groups in total. The van der Waals surface area contributed by atoms with Crippen molar-refractivity contribution in [2.45, 2.75) is 25.4 Å². The molecule has 2 aliphatic heterocycles. The molecule has 1 saturated heterocycles. The number of hydrogen-bond donors (Lipinski definition) is 1. The van der Waals surface area contributed by atoms with Gasteiger partial charge in [-0.15, -0.1) is 0 Å². The van der Waals surface area contributed by atoms with E-state index in [9.17, 15) is 8.42 Å². The molecule has 29 heavy (non-hydrogen) atoms. The van der Waals surface area contributed by atoms with E-state index in [4.69, 9.17) is 4.42 Å². The molecular weight excluding hydrogens is 388 g/mol. The summed E-state index contributed by atoms with van der Waals surface area (Å²) in [5, 5.41) is 3.35. The summed E-state index contributed by atoms with van der Waals surface area (Å²) in [4.78, 5) is 6.20. The van der Waals surface area contributed by atoms with Gasteiger partial charge in [-0.25, -0.2) is 8.42 Å². The Balaban J connectivity index is 1.50. The van der Waals surface area contributed by atoms with E-state index in [0.29, 0.717) is 31.9 Å². The molecular formula is C21H26N4O3S. The predicted octanol–water partition coefficient (Wildman–Crippen LogP) is 2.86. The normalized spacial score (nSPS) is 18.6. The zero-order valence-electron chi connectivity index (χ0n) is 16.8. The molecule has 4 rings (SSSR count). The summed E-state index contributed by atoms with van der Waals surface area (Å²) in [6.45, 7) is 7.01. The van der Waals surface area contributed by atoms with Crippen LogP contribution < -0.4 is 10.2 Å². The van der Waals surface area contributed by atoms with Gasteiger partial charge in [0.05, 0.1) is 0 Å². The topological polar surface area (TPSA) is 78.7 Å². The molecule has 2 aliphatic rings. The first kappa shape index (κ1) is 19.7. The number of piperazine rings is 1. The van der Waals surface area contributed by atoms with Gasteiger partial charge in [0.2, 0.25) is 5.09 Å². The maximum Gasteiger partial charge on any atom is 0.276 e. The highest BCUT2D eigenvalue weighted by molar-refractivity contribution is 7.89. The van der Waals surface area contributed by atoms with Crippen LogP contribution in [0.15, 0.2) is 63.5 Å². The van der Waals surface area contributed by atoms with Crippen LogP contribution in [0.5, 0.6) is 0 Å². The Bertz CT molecular complexity index is 1030. The molecule has 7 nitrogen and oxygen atoms in total. The third-order valence-electron chi connectivity index (χ3n) is 5.49. The molecule has 0 atom stereocenters. The maximum absolute atomic E-state index is 13.1. The van der Waals surface area contributed by atoms with Gasteiger partial charge in [-0.1, -0.05) is 12.5 Å². The first-order valence-electron chi connectivity index (χ1n) is 9.88. The van der Waals surface area contributed by atoms with Crippen LogP contribution in [0.3, 0.4) is 0 Å². The van der Waals surface area contributed by atoms with Gasteiger partial charge in [0.25, 0.3) is 10.0 Å². The molecule has 0 radical (unpaired) electrons. The van der Waals surface area contributed by atoms with E-state index in [1.165, 1.54) is 9.88 Å². The van der Waals surface area contributed by atoms with Crippen LogP contribution in [0, 0.1) is 0 Å². The minimum Gasteiger partial charge on any atom is -0.443 e. The molecule has 2 aromatic rings. The van der Waals surface area contributed by atoms with Crippen LogP contribution in [-0.2, 0) is 10.0 Å². The monoisotopic (exact) mass is 414 g/mol. The Kier molecular flexibility index (Phi) is 5.47. The SMILES string of the molecule is CCC1=CC(c2ccc(S(=O)(=O)N3CCN(c4ccncc4)CC3)o2)=C(C)NC1. The van der Waals surface area contributed by atoms with Gasteiger partial charge >= 0.3 is 0 Å². The molecule has 8 heteroatoms. The van der Waals surface area contributed by atoms with E-state index in [1.54, 1.807) is 24.5 Å². The van der Waals surface area contributed by atoms with Crippen molar-refractivity contribution in [3.8, 4) is 0 Å². The standard InChI is InChI=1S/C21H26N4O3S/c1-3-17-14-19(16(2)23-15-17)20-4-5-21(28-20)29(26,27)25-12-10-24(11-13-25)18-6-8-22-9-7-18/h4-9,14,23H,3,10-13,15H2,1-2H3. The number of nitrogens with zero attached hydrogens (tertiary/aromatic N) is 3. The number of allylic oxidation sites excluding steroid dienone is 3. The van der Waals surface area contributed by atoms with Gasteiger partial charge in [0, 0.05) is 62.1 Å². The third kappa shape index (κ3) is 3.95. The van der Waals surface area contributed by atoms with Crippen molar-refractivity contribution in [2.24, 2.45) is 0 Å². The van der Waals surface area contributed by atoms with Gasteiger partial charge in [0.1, 0.15) is 5.76 Å². The second-order valence-electron chi connectivity index (χ2n) is 7.26. The minimum atomic E-state index is -3.66. The summed E-state index contributed by atoms with van der Waals surface area (Å²) in [5.41, 5.74) is 4.23. The van der Waals surface area contributed by atoms with Crippen molar-refractivity contribution in [3.63, 3.8) is 0 Å². The quantitative estimate of drug-likeness (QED) is 0.811. The van der Waals surface area contributed by atoms with E-state index in [2.05, 4.69) is 28.2 Å². The second-order valence-corrected chi connectivity index (χ2v) is 9.13. The van der Waals surface area contributed by atoms with Gasteiger partial charge in [-0.05, 0) is 43.7 Å². The van der Waals surface area contributed by atoms with Gasteiger partial charge in [-0.3, -0.25) is 4.98 Å². The predicted molar refractivity (Wildman–Crippen MR) is 113 cm³/mol. The molecule has 1 fully saturated rings. The lowest BCUT2D eigenvalue weighted by Crippen LogP contribution is -2.48. The van der Waals surface area contributed by atoms with Crippen molar-refractivity contribution >= 4 is 21.3 Å². The van der Waals surface area contributed by atoms with Crippen LogP contribution in [0.25, 0.3) is 5.57 Å². The Morgan fingerprint density at radius 1 is 1.10 bits per heavy atom. The highest BCUT2D eigenvalue weighted by atomic mass is 32.2. The highest BCUT2D eigenvalue weighted by Gasteiger charge is 2.31. The number of anilines is 1. The average molecular weight is 415 g/mol. The van der Waals surface area contributed by atoms with Crippen molar-refractivity contribution in [2.75, 3.05) is 37.6 Å². The third-order valence-corrected chi connectivity index (χ3v) is 7.27. The Hall–Kier alpha value is -2.58. The summed E-state index contributed by atoms with van der Waals surface area (Å²) >= 11 is 0. The number of furan rings is 1. The molecule has 0 unspecified atom stereocenters. The molecule has 0 aliphatic carbocycles. The van der Waals surface area contributed by atoms with E-state index < -0.39 is 10.0 Å². The lowest BCUT2D eigenvalue weighted by molar-refractivity contribution is 0.360. The number of aromatic nitrogens is 1. The Morgan fingerprint density at radius 2 is 1.83 bits per heavy atom. The maximum atomic E-state index is 13.1. The largest absolute Gasteiger partial charge is 0.443 e. The average Bonchev–Trinajstić information content (AvgIpc) is 3.26.